The Morgan fingerprint density at radius 2 is 2.38 bits per heavy atom. The Labute approximate surface area is 79.6 Å². The molecule has 0 bridgehead atoms. The Bertz CT molecular complexity index is 203. The number of rotatable bonds is 2. The van der Waals surface area contributed by atoms with E-state index in [4.69, 9.17) is 5.73 Å². The molecule has 0 aliphatic carbocycles. The van der Waals surface area contributed by atoms with E-state index >= 15 is 0 Å². The minimum absolute atomic E-state index is 0.0163. The summed E-state index contributed by atoms with van der Waals surface area (Å²) >= 11 is 0. The van der Waals surface area contributed by atoms with E-state index in [0.29, 0.717) is 12.6 Å². The summed E-state index contributed by atoms with van der Waals surface area (Å²) in [5.74, 6) is 0.0163. The lowest BCUT2D eigenvalue weighted by Crippen LogP contribution is -2.51. The Balaban J connectivity index is 2.72. The zero-order valence-electron chi connectivity index (χ0n) is 8.20. The molecule has 1 aliphatic rings. The average Bonchev–Trinajstić information content (AvgIpc) is 2.16. The molecule has 1 aliphatic heterocycles. The van der Waals surface area contributed by atoms with Crippen molar-refractivity contribution in [1.29, 1.82) is 0 Å². The van der Waals surface area contributed by atoms with Gasteiger partial charge in [0.2, 0.25) is 5.91 Å². The summed E-state index contributed by atoms with van der Waals surface area (Å²) in [7, 11) is 0. The molecule has 1 amide bonds. The lowest BCUT2D eigenvalue weighted by molar-refractivity contribution is -0.132. The molecule has 0 saturated carbocycles. The van der Waals surface area contributed by atoms with Crippen LogP contribution in [0.5, 0.6) is 0 Å². The fourth-order valence-electron chi connectivity index (χ4n) is 2.02. The fourth-order valence-corrected chi connectivity index (χ4v) is 2.02. The van der Waals surface area contributed by atoms with E-state index < -0.39 is 0 Å². The summed E-state index contributed by atoms with van der Waals surface area (Å²) in [6, 6.07) is 0.530. The molecule has 1 rings (SSSR count). The molecule has 3 heteroatoms. The van der Waals surface area contributed by atoms with E-state index in [1.54, 1.807) is 0 Å². The van der Waals surface area contributed by atoms with Crippen LogP contribution in [0.25, 0.3) is 0 Å². The lowest BCUT2D eigenvalue weighted by atomic mass is 9.96. The minimum Gasteiger partial charge on any atom is -0.332 e. The molecule has 0 aromatic rings. The van der Waals surface area contributed by atoms with Gasteiger partial charge in [-0.2, -0.15) is 0 Å². The molecular formula is C10H18N2O. The van der Waals surface area contributed by atoms with Crippen molar-refractivity contribution >= 4 is 5.91 Å². The van der Waals surface area contributed by atoms with Gasteiger partial charge in [-0.05, 0) is 32.3 Å². The molecule has 1 heterocycles. The maximum atomic E-state index is 11.5. The molecular weight excluding hydrogens is 164 g/mol. The first-order valence-corrected chi connectivity index (χ1v) is 4.85. The van der Waals surface area contributed by atoms with Gasteiger partial charge in [0.25, 0.3) is 0 Å². The molecule has 13 heavy (non-hydrogen) atoms. The summed E-state index contributed by atoms with van der Waals surface area (Å²) in [5.41, 5.74) is 5.62. The van der Waals surface area contributed by atoms with E-state index in [9.17, 15) is 4.79 Å². The number of hydrogen-bond donors (Lipinski definition) is 1. The smallest absolute Gasteiger partial charge is 0.246 e. The summed E-state index contributed by atoms with van der Waals surface area (Å²) < 4.78 is 0. The summed E-state index contributed by atoms with van der Waals surface area (Å²) in [6.45, 7) is 6.14. The number of amides is 1. The second-order valence-corrected chi connectivity index (χ2v) is 3.62. The maximum Gasteiger partial charge on any atom is 0.246 e. The topological polar surface area (TPSA) is 46.3 Å². The van der Waals surface area contributed by atoms with Crippen LogP contribution >= 0.6 is 0 Å². The molecule has 2 atom stereocenters. The summed E-state index contributed by atoms with van der Waals surface area (Å²) in [4.78, 5) is 13.4. The van der Waals surface area contributed by atoms with E-state index in [0.717, 1.165) is 12.8 Å². The van der Waals surface area contributed by atoms with Crippen LogP contribution < -0.4 is 5.73 Å². The van der Waals surface area contributed by atoms with Crippen LogP contribution in [0.2, 0.25) is 0 Å². The second-order valence-electron chi connectivity index (χ2n) is 3.62. The number of nitrogens with two attached hydrogens (primary N) is 1. The van der Waals surface area contributed by atoms with E-state index in [1.807, 2.05) is 4.90 Å². The van der Waals surface area contributed by atoms with E-state index in [-0.39, 0.29) is 11.9 Å². The third-order valence-electron chi connectivity index (χ3n) is 2.73. The van der Waals surface area contributed by atoms with Crippen molar-refractivity contribution < 1.29 is 4.79 Å². The monoisotopic (exact) mass is 182 g/mol. The van der Waals surface area contributed by atoms with Crippen molar-refractivity contribution in [2.24, 2.45) is 5.73 Å². The molecule has 0 aromatic heterocycles. The van der Waals surface area contributed by atoms with Gasteiger partial charge in [0, 0.05) is 18.6 Å². The highest BCUT2D eigenvalue weighted by atomic mass is 16.2. The molecule has 0 spiro atoms. The van der Waals surface area contributed by atoms with Crippen molar-refractivity contribution in [3.63, 3.8) is 0 Å². The van der Waals surface area contributed by atoms with E-state index in [2.05, 4.69) is 13.5 Å². The number of carbonyl (C=O) groups is 1. The zero-order valence-corrected chi connectivity index (χ0v) is 8.20. The van der Waals surface area contributed by atoms with Gasteiger partial charge in [-0.15, -0.1) is 0 Å². The Kier molecular flexibility index (Phi) is 3.48. The lowest BCUT2D eigenvalue weighted by Gasteiger charge is -2.39. The molecule has 0 aromatic carbocycles. The van der Waals surface area contributed by atoms with E-state index in [1.165, 1.54) is 12.5 Å². The highest BCUT2D eigenvalue weighted by Gasteiger charge is 2.29. The Morgan fingerprint density at radius 1 is 1.69 bits per heavy atom. The number of likely N-dealkylation sites (tertiary alicyclic amines) is 1. The number of hydrogen-bond acceptors (Lipinski definition) is 2. The molecule has 3 nitrogen and oxygen atoms in total. The first-order valence-electron chi connectivity index (χ1n) is 4.85. The SMILES string of the molecule is C=CC(=O)N1C(C)CCCC1CN. The maximum absolute atomic E-state index is 11.5. The van der Waals surface area contributed by atoms with Crippen LogP contribution in [-0.4, -0.2) is 29.4 Å². The van der Waals surface area contributed by atoms with Crippen molar-refractivity contribution in [2.45, 2.75) is 38.3 Å². The fraction of sp³-hybridized carbons (Fsp3) is 0.700. The van der Waals surface area contributed by atoms with Crippen molar-refractivity contribution in [3.05, 3.63) is 12.7 Å². The van der Waals surface area contributed by atoms with Crippen molar-refractivity contribution in [3.8, 4) is 0 Å². The van der Waals surface area contributed by atoms with Gasteiger partial charge in [-0.1, -0.05) is 6.58 Å². The first-order chi connectivity index (χ1) is 6.20. The van der Waals surface area contributed by atoms with Crippen LogP contribution in [0, 0.1) is 0 Å². The van der Waals surface area contributed by atoms with Gasteiger partial charge in [0.1, 0.15) is 0 Å². The molecule has 2 unspecified atom stereocenters. The molecule has 0 radical (unpaired) electrons. The minimum atomic E-state index is 0.0163. The zero-order chi connectivity index (χ0) is 9.84. The standard InChI is InChI=1S/C10H18N2O/c1-3-10(13)12-8(2)5-4-6-9(12)7-11/h3,8-9H,1,4-7,11H2,2H3. The van der Waals surface area contributed by atoms with Gasteiger partial charge in [-0.25, -0.2) is 0 Å². The average molecular weight is 182 g/mol. The van der Waals surface area contributed by atoms with Gasteiger partial charge < -0.3 is 10.6 Å². The number of nitrogens with zero attached hydrogens (tertiary/aromatic N) is 1. The van der Waals surface area contributed by atoms with Crippen LogP contribution in [-0.2, 0) is 4.79 Å². The van der Waals surface area contributed by atoms with Crippen LogP contribution in [0.15, 0.2) is 12.7 Å². The number of piperidine rings is 1. The van der Waals surface area contributed by atoms with Gasteiger partial charge in [0.05, 0.1) is 0 Å². The molecule has 1 fully saturated rings. The highest BCUT2D eigenvalue weighted by Crippen LogP contribution is 2.22. The largest absolute Gasteiger partial charge is 0.332 e. The third kappa shape index (κ3) is 2.10. The molecule has 2 N–H and O–H groups in total. The van der Waals surface area contributed by atoms with Gasteiger partial charge in [0.15, 0.2) is 0 Å². The predicted octanol–water partition coefficient (Wildman–Crippen LogP) is 0.901. The Hall–Kier alpha value is -0.830. The predicted molar refractivity (Wildman–Crippen MR) is 53.2 cm³/mol. The summed E-state index contributed by atoms with van der Waals surface area (Å²) in [5, 5.41) is 0. The van der Waals surface area contributed by atoms with Crippen LogP contribution in [0.4, 0.5) is 0 Å². The van der Waals surface area contributed by atoms with Crippen LogP contribution in [0.1, 0.15) is 26.2 Å². The first kappa shape index (κ1) is 10.3. The van der Waals surface area contributed by atoms with Crippen molar-refractivity contribution in [1.82, 2.24) is 4.90 Å². The molecule has 74 valence electrons. The highest BCUT2D eigenvalue weighted by molar-refractivity contribution is 5.87. The van der Waals surface area contributed by atoms with Crippen LogP contribution in [0.3, 0.4) is 0 Å². The van der Waals surface area contributed by atoms with Crippen molar-refractivity contribution in [2.75, 3.05) is 6.54 Å². The summed E-state index contributed by atoms with van der Waals surface area (Å²) in [6.07, 6.45) is 4.66. The van der Waals surface area contributed by atoms with Gasteiger partial charge >= 0.3 is 0 Å². The second kappa shape index (κ2) is 4.42. The quantitative estimate of drug-likeness (QED) is 0.645. The normalized spacial score (nSPS) is 28.6. The van der Waals surface area contributed by atoms with Gasteiger partial charge in [-0.3, -0.25) is 4.79 Å². The molecule has 1 saturated heterocycles. The Morgan fingerprint density at radius 3 is 2.92 bits per heavy atom. The number of carbonyl (C=O) groups excluding carboxylic acids is 1. The third-order valence-corrected chi connectivity index (χ3v) is 2.73.